The summed E-state index contributed by atoms with van der Waals surface area (Å²) >= 11 is 0. The molecule has 0 fully saturated rings. The molecule has 0 radical (unpaired) electrons. The zero-order valence-corrected chi connectivity index (χ0v) is 21.2. The van der Waals surface area contributed by atoms with Crippen molar-refractivity contribution in [2.75, 3.05) is 33.9 Å². The Morgan fingerprint density at radius 3 is 2.47 bits per heavy atom. The minimum absolute atomic E-state index is 0.0155. The first-order chi connectivity index (χ1) is 16.1. The van der Waals surface area contributed by atoms with Crippen molar-refractivity contribution in [3.05, 3.63) is 42.5 Å². The molecule has 0 spiro atoms. The van der Waals surface area contributed by atoms with Gasteiger partial charge in [0.1, 0.15) is 22.5 Å². The fourth-order valence-electron chi connectivity index (χ4n) is 4.05. The molecule has 8 nitrogen and oxygen atoms in total. The molecule has 0 aliphatic carbocycles. The van der Waals surface area contributed by atoms with Gasteiger partial charge in [0.05, 0.1) is 20.3 Å². The molecular weight excluding hydrogens is 456 g/mol. The third kappa shape index (κ3) is 5.37. The molecule has 0 saturated heterocycles. The van der Waals surface area contributed by atoms with E-state index in [2.05, 4.69) is 0 Å². The number of benzene rings is 2. The molecule has 2 aromatic rings. The summed E-state index contributed by atoms with van der Waals surface area (Å²) in [6.45, 7) is 5.57. The zero-order valence-electron chi connectivity index (χ0n) is 20.4. The van der Waals surface area contributed by atoms with Gasteiger partial charge < -0.3 is 19.5 Å². The summed E-state index contributed by atoms with van der Waals surface area (Å²) in [6, 6.07) is 11.9. The first kappa shape index (κ1) is 26.0. The smallest absolute Gasteiger partial charge is 0.247 e. The fraction of sp³-hybridized carbons (Fsp3) is 0.480. The predicted molar refractivity (Wildman–Crippen MR) is 130 cm³/mol. The summed E-state index contributed by atoms with van der Waals surface area (Å²) < 4.78 is 40.1. The molecule has 2 aromatic carbocycles. The molecule has 3 atom stereocenters. The van der Waals surface area contributed by atoms with Crippen LogP contribution in [0.15, 0.2) is 47.4 Å². The zero-order chi connectivity index (χ0) is 25.0. The van der Waals surface area contributed by atoms with Crippen molar-refractivity contribution in [2.45, 2.75) is 44.2 Å². The summed E-state index contributed by atoms with van der Waals surface area (Å²) in [4.78, 5) is 13.9. The van der Waals surface area contributed by atoms with Crippen LogP contribution < -0.4 is 9.47 Å². The van der Waals surface area contributed by atoms with Crippen molar-refractivity contribution in [3.63, 3.8) is 0 Å². The number of carbonyl (C=O) groups is 1. The van der Waals surface area contributed by atoms with Crippen LogP contribution in [0.2, 0.25) is 0 Å². The highest BCUT2D eigenvalue weighted by Gasteiger charge is 2.38. The van der Waals surface area contributed by atoms with Gasteiger partial charge in [0, 0.05) is 32.0 Å². The summed E-state index contributed by atoms with van der Waals surface area (Å²) in [7, 11) is -0.602. The Labute approximate surface area is 202 Å². The molecule has 1 amide bonds. The second-order valence-electron chi connectivity index (χ2n) is 8.76. The van der Waals surface area contributed by atoms with E-state index in [4.69, 9.17) is 9.47 Å². The number of sulfonamides is 1. The number of amides is 1. The molecular formula is C25H34N2O6S. The van der Waals surface area contributed by atoms with Crippen LogP contribution >= 0.6 is 0 Å². The van der Waals surface area contributed by atoms with Crippen molar-refractivity contribution in [3.8, 4) is 22.6 Å². The lowest BCUT2D eigenvalue weighted by Crippen LogP contribution is -2.50. The van der Waals surface area contributed by atoms with Gasteiger partial charge >= 0.3 is 0 Å². The molecule has 34 heavy (non-hydrogen) atoms. The number of methoxy groups -OCH3 is 1. The number of fused-ring (bicyclic) bond motifs is 1. The van der Waals surface area contributed by atoms with Gasteiger partial charge in [0.25, 0.3) is 0 Å². The number of rotatable bonds is 7. The van der Waals surface area contributed by atoms with Crippen molar-refractivity contribution in [1.29, 1.82) is 0 Å². The summed E-state index contributed by atoms with van der Waals surface area (Å²) in [5, 5.41) is 9.77. The minimum atomic E-state index is -3.92. The van der Waals surface area contributed by atoms with E-state index >= 15 is 0 Å². The standard InChI is InChI=1S/C25H34N2O6S/c1-6-25(29)26(4)15-23-17(2)14-27(18(3)16-28)34(30,31)24-12-9-20(13-22(24)33-23)19-7-10-21(32-5)11-8-19/h7-13,17-18,23,28H,6,14-16H2,1-5H3/t17-,18-,23+/m0/s1. The van der Waals surface area contributed by atoms with Gasteiger partial charge in [0.2, 0.25) is 15.9 Å². The molecule has 3 rings (SSSR count). The van der Waals surface area contributed by atoms with E-state index in [1.807, 2.05) is 31.2 Å². The lowest BCUT2D eigenvalue weighted by molar-refractivity contribution is -0.131. The van der Waals surface area contributed by atoms with E-state index in [1.165, 1.54) is 4.31 Å². The third-order valence-corrected chi connectivity index (χ3v) is 8.29. The largest absolute Gasteiger partial charge is 0.497 e. The Kier molecular flexibility index (Phi) is 8.22. The van der Waals surface area contributed by atoms with Gasteiger partial charge in [-0.3, -0.25) is 4.79 Å². The van der Waals surface area contributed by atoms with Gasteiger partial charge in [-0.15, -0.1) is 0 Å². The maximum atomic E-state index is 13.6. The fourth-order valence-corrected chi connectivity index (χ4v) is 5.87. The number of hydrogen-bond acceptors (Lipinski definition) is 6. The second kappa shape index (κ2) is 10.8. The Balaban J connectivity index is 2.10. The Bertz CT molecular complexity index is 1100. The van der Waals surface area contributed by atoms with Crippen LogP contribution in [0, 0.1) is 5.92 Å². The first-order valence-electron chi connectivity index (χ1n) is 11.4. The summed E-state index contributed by atoms with van der Waals surface area (Å²) in [5.74, 6) is 0.712. The lowest BCUT2D eigenvalue weighted by Gasteiger charge is -2.37. The monoisotopic (exact) mass is 490 g/mol. The van der Waals surface area contributed by atoms with Gasteiger partial charge in [-0.25, -0.2) is 8.42 Å². The van der Waals surface area contributed by atoms with Gasteiger partial charge in [0.15, 0.2) is 0 Å². The van der Waals surface area contributed by atoms with Gasteiger partial charge in [-0.1, -0.05) is 32.0 Å². The molecule has 0 unspecified atom stereocenters. The maximum absolute atomic E-state index is 13.6. The van der Waals surface area contributed by atoms with Gasteiger partial charge in [-0.2, -0.15) is 4.31 Å². The molecule has 1 N–H and O–H groups in total. The maximum Gasteiger partial charge on any atom is 0.247 e. The molecule has 186 valence electrons. The molecule has 1 aliphatic heterocycles. The predicted octanol–water partition coefficient (Wildman–Crippen LogP) is 3.00. The SMILES string of the molecule is CCC(=O)N(C)C[C@H]1Oc2cc(-c3ccc(OC)cc3)ccc2S(=O)(=O)N([C@@H](C)CO)C[C@@H]1C. The van der Waals surface area contributed by atoms with Gasteiger partial charge in [-0.05, 0) is 42.3 Å². The second-order valence-corrected chi connectivity index (χ2v) is 10.6. The molecule has 1 aliphatic rings. The van der Waals surface area contributed by atoms with E-state index in [-0.39, 0.29) is 35.6 Å². The normalized spacial score (nSPS) is 20.9. The van der Waals surface area contributed by atoms with E-state index in [1.54, 1.807) is 51.1 Å². The number of hydrogen-bond donors (Lipinski definition) is 1. The van der Waals surface area contributed by atoms with Crippen molar-refractivity contribution < 1.29 is 27.8 Å². The van der Waals surface area contributed by atoms with E-state index in [9.17, 15) is 18.3 Å². The van der Waals surface area contributed by atoms with Crippen LogP contribution in [-0.2, 0) is 14.8 Å². The summed E-state index contributed by atoms with van der Waals surface area (Å²) in [6.07, 6.45) is -0.0630. The number of nitrogens with zero attached hydrogens (tertiary/aromatic N) is 2. The number of likely N-dealkylation sites (N-methyl/N-ethyl adjacent to an activating group) is 1. The van der Waals surface area contributed by atoms with Crippen molar-refractivity contribution >= 4 is 15.9 Å². The van der Waals surface area contributed by atoms with E-state index in [0.29, 0.717) is 13.0 Å². The molecule has 9 heteroatoms. The topological polar surface area (TPSA) is 96.4 Å². The van der Waals surface area contributed by atoms with Crippen molar-refractivity contribution in [1.82, 2.24) is 9.21 Å². The third-order valence-electron chi connectivity index (χ3n) is 6.27. The lowest BCUT2D eigenvalue weighted by atomic mass is 10.0. The minimum Gasteiger partial charge on any atom is -0.497 e. The highest BCUT2D eigenvalue weighted by Crippen LogP contribution is 2.36. The van der Waals surface area contributed by atoms with Crippen LogP contribution in [0.3, 0.4) is 0 Å². The average molecular weight is 491 g/mol. The van der Waals surface area contributed by atoms with E-state index in [0.717, 1.165) is 16.9 Å². The Morgan fingerprint density at radius 2 is 1.88 bits per heavy atom. The average Bonchev–Trinajstić information content (AvgIpc) is 2.84. The van der Waals surface area contributed by atoms with Crippen LogP contribution in [0.1, 0.15) is 27.2 Å². The molecule has 1 heterocycles. The number of ether oxygens (including phenoxy) is 2. The van der Waals surface area contributed by atoms with Crippen LogP contribution in [0.4, 0.5) is 0 Å². The van der Waals surface area contributed by atoms with Crippen LogP contribution in [0.5, 0.6) is 11.5 Å². The highest BCUT2D eigenvalue weighted by atomic mass is 32.2. The first-order valence-corrected chi connectivity index (χ1v) is 12.9. The molecule has 0 saturated carbocycles. The highest BCUT2D eigenvalue weighted by molar-refractivity contribution is 7.89. The van der Waals surface area contributed by atoms with E-state index < -0.39 is 22.2 Å². The summed E-state index contributed by atoms with van der Waals surface area (Å²) in [5.41, 5.74) is 1.68. The molecule has 0 bridgehead atoms. The van der Waals surface area contributed by atoms with Crippen LogP contribution in [-0.4, -0.2) is 74.6 Å². The van der Waals surface area contributed by atoms with Crippen LogP contribution in [0.25, 0.3) is 11.1 Å². The molecule has 0 aromatic heterocycles. The number of carbonyl (C=O) groups excluding carboxylic acids is 1. The number of aliphatic hydroxyl groups excluding tert-OH is 1. The quantitative estimate of drug-likeness (QED) is 0.641. The number of aliphatic hydroxyl groups is 1. The van der Waals surface area contributed by atoms with Crippen molar-refractivity contribution in [2.24, 2.45) is 5.92 Å². The Hall–Kier alpha value is -2.62. The Morgan fingerprint density at radius 1 is 1.24 bits per heavy atom.